The maximum Gasteiger partial charge on any atom is 0.222 e. The van der Waals surface area contributed by atoms with Gasteiger partial charge in [0, 0.05) is 29.9 Å². The van der Waals surface area contributed by atoms with Crippen LogP contribution < -0.4 is 0 Å². The van der Waals surface area contributed by atoms with E-state index in [9.17, 15) is 4.79 Å². The van der Waals surface area contributed by atoms with Gasteiger partial charge in [-0.2, -0.15) is 0 Å². The zero-order valence-corrected chi connectivity index (χ0v) is 11.7. The van der Waals surface area contributed by atoms with E-state index in [2.05, 4.69) is 34.1 Å². The van der Waals surface area contributed by atoms with Gasteiger partial charge in [-0.25, -0.2) is 0 Å². The van der Waals surface area contributed by atoms with E-state index in [1.165, 1.54) is 12.0 Å². The van der Waals surface area contributed by atoms with Gasteiger partial charge in [0.05, 0.1) is 0 Å². The van der Waals surface area contributed by atoms with Crippen LogP contribution in [0.1, 0.15) is 37.7 Å². The van der Waals surface area contributed by atoms with Crippen LogP contribution in [0.2, 0.25) is 0 Å². The molecule has 2 nitrogen and oxygen atoms in total. The van der Waals surface area contributed by atoms with E-state index in [1.807, 2.05) is 17.9 Å². The summed E-state index contributed by atoms with van der Waals surface area (Å²) in [7, 11) is 0. The normalized spacial score (nSPS) is 20.4. The number of carbonyl (C=O) groups excluding carboxylic acids is 1. The molecular formula is C14H18BrNO. The van der Waals surface area contributed by atoms with Crippen molar-refractivity contribution < 1.29 is 4.79 Å². The van der Waals surface area contributed by atoms with Gasteiger partial charge in [0.2, 0.25) is 5.91 Å². The molecule has 0 aliphatic carbocycles. The Morgan fingerprint density at radius 1 is 1.53 bits per heavy atom. The van der Waals surface area contributed by atoms with Crippen molar-refractivity contribution in [1.29, 1.82) is 0 Å². The number of carbonyl (C=O) groups is 1. The largest absolute Gasteiger partial charge is 0.342 e. The average molecular weight is 296 g/mol. The van der Waals surface area contributed by atoms with Crippen molar-refractivity contribution in [3.63, 3.8) is 0 Å². The van der Waals surface area contributed by atoms with E-state index in [4.69, 9.17) is 0 Å². The second kappa shape index (κ2) is 5.67. The molecular weight excluding hydrogens is 278 g/mol. The van der Waals surface area contributed by atoms with Crippen LogP contribution in [0.5, 0.6) is 0 Å². The van der Waals surface area contributed by atoms with E-state index in [-0.39, 0.29) is 5.91 Å². The number of likely N-dealkylation sites (tertiary alicyclic amines) is 1. The van der Waals surface area contributed by atoms with Crippen LogP contribution in [0.15, 0.2) is 28.7 Å². The average Bonchev–Trinajstić information content (AvgIpc) is 2.38. The molecule has 0 N–H and O–H groups in total. The van der Waals surface area contributed by atoms with Crippen LogP contribution in [0.25, 0.3) is 0 Å². The summed E-state index contributed by atoms with van der Waals surface area (Å²) >= 11 is 3.51. The molecule has 0 saturated carbocycles. The first-order chi connectivity index (χ1) is 8.20. The van der Waals surface area contributed by atoms with Crippen LogP contribution in [-0.2, 0) is 4.79 Å². The van der Waals surface area contributed by atoms with E-state index in [0.29, 0.717) is 12.3 Å². The molecule has 0 spiro atoms. The predicted octanol–water partition coefficient (Wildman–Crippen LogP) is 3.57. The molecule has 1 amide bonds. The Bertz CT molecular complexity index is 405. The van der Waals surface area contributed by atoms with Crippen molar-refractivity contribution >= 4 is 21.8 Å². The van der Waals surface area contributed by atoms with Crippen LogP contribution in [0.3, 0.4) is 0 Å². The number of halogens is 1. The summed E-state index contributed by atoms with van der Waals surface area (Å²) in [6.07, 6.45) is 2.91. The van der Waals surface area contributed by atoms with E-state index in [1.54, 1.807) is 0 Å². The lowest BCUT2D eigenvalue weighted by atomic mass is 9.90. The number of hydrogen-bond donors (Lipinski definition) is 0. The third kappa shape index (κ3) is 3.09. The van der Waals surface area contributed by atoms with Crippen molar-refractivity contribution in [3.8, 4) is 0 Å². The van der Waals surface area contributed by atoms with E-state index >= 15 is 0 Å². The highest BCUT2D eigenvalue weighted by atomic mass is 79.9. The smallest absolute Gasteiger partial charge is 0.222 e. The fourth-order valence-corrected chi connectivity index (χ4v) is 2.88. The van der Waals surface area contributed by atoms with Crippen LogP contribution in [0, 0.1) is 0 Å². The molecule has 92 valence electrons. The molecule has 1 saturated heterocycles. The SMILES string of the molecule is CCC(=O)N1CCCC(c2cccc(Br)c2)C1. The summed E-state index contributed by atoms with van der Waals surface area (Å²) < 4.78 is 1.12. The molecule has 17 heavy (non-hydrogen) atoms. The molecule has 0 bridgehead atoms. The van der Waals surface area contributed by atoms with Gasteiger partial charge in [-0.3, -0.25) is 4.79 Å². The zero-order valence-electron chi connectivity index (χ0n) is 10.2. The molecule has 3 heteroatoms. The van der Waals surface area contributed by atoms with Crippen LogP contribution >= 0.6 is 15.9 Å². The molecule has 1 aliphatic rings. The number of amides is 1. The Labute approximate surface area is 111 Å². The molecule has 0 radical (unpaired) electrons. The third-order valence-corrected chi connectivity index (χ3v) is 3.89. The van der Waals surface area contributed by atoms with Crippen molar-refractivity contribution in [2.45, 2.75) is 32.1 Å². The van der Waals surface area contributed by atoms with Crippen molar-refractivity contribution in [2.75, 3.05) is 13.1 Å². The Morgan fingerprint density at radius 2 is 2.35 bits per heavy atom. The lowest BCUT2D eigenvalue weighted by Gasteiger charge is -2.33. The molecule has 1 aromatic carbocycles. The fraction of sp³-hybridized carbons (Fsp3) is 0.500. The van der Waals surface area contributed by atoms with E-state index in [0.717, 1.165) is 24.0 Å². The molecule has 1 atom stereocenters. The van der Waals surface area contributed by atoms with Gasteiger partial charge in [0.25, 0.3) is 0 Å². The highest BCUT2D eigenvalue weighted by Crippen LogP contribution is 2.28. The molecule has 1 aliphatic heterocycles. The Hall–Kier alpha value is -0.830. The number of piperidine rings is 1. The molecule has 1 fully saturated rings. The van der Waals surface area contributed by atoms with Gasteiger partial charge in [-0.1, -0.05) is 35.0 Å². The van der Waals surface area contributed by atoms with Gasteiger partial charge < -0.3 is 4.90 Å². The highest BCUT2D eigenvalue weighted by molar-refractivity contribution is 9.10. The fourth-order valence-electron chi connectivity index (χ4n) is 2.46. The molecule has 1 aromatic rings. The molecule has 0 aromatic heterocycles. The first kappa shape index (κ1) is 12.6. The first-order valence-corrected chi connectivity index (χ1v) is 7.03. The predicted molar refractivity (Wildman–Crippen MR) is 73.0 cm³/mol. The van der Waals surface area contributed by atoms with Crippen molar-refractivity contribution in [2.24, 2.45) is 0 Å². The lowest BCUT2D eigenvalue weighted by Crippen LogP contribution is -2.38. The maximum atomic E-state index is 11.7. The number of nitrogens with zero attached hydrogens (tertiary/aromatic N) is 1. The summed E-state index contributed by atoms with van der Waals surface area (Å²) in [6, 6.07) is 8.45. The topological polar surface area (TPSA) is 20.3 Å². The minimum absolute atomic E-state index is 0.282. The number of benzene rings is 1. The van der Waals surface area contributed by atoms with Crippen molar-refractivity contribution in [3.05, 3.63) is 34.3 Å². The first-order valence-electron chi connectivity index (χ1n) is 6.24. The summed E-state index contributed by atoms with van der Waals surface area (Å²) in [5, 5.41) is 0. The van der Waals surface area contributed by atoms with E-state index < -0.39 is 0 Å². The summed E-state index contributed by atoms with van der Waals surface area (Å²) in [5.41, 5.74) is 1.34. The van der Waals surface area contributed by atoms with Crippen LogP contribution in [-0.4, -0.2) is 23.9 Å². The molecule has 1 unspecified atom stereocenters. The maximum absolute atomic E-state index is 11.7. The third-order valence-electron chi connectivity index (χ3n) is 3.40. The van der Waals surface area contributed by atoms with Gasteiger partial charge in [0.15, 0.2) is 0 Å². The minimum atomic E-state index is 0.282. The Morgan fingerprint density at radius 3 is 3.06 bits per heavy atom. The van der Waals surface area contributed by atoms with Gasteiger partial charge in [-0.05, 0) is 30.5 Å². The number of rotatable bonds is 2. The number of hydrogen-bond acceptors (Lipinski definition) is 1. The zero-order chi connectivity index (χ0) is 12.3. The summed E-state index contributed by atoms with van der Waals surface area (Å²) in [4.78, 5) is 13.7. The van der Waals surface area contributed by atoms with Gasteiger partial charge in [-0.15, -0.1) is 0 Å². The second-order valence-electron chi connectivity index (χ2n) is 4.59. The van der Waals surface area contributed by atoms with Crippen molar-refractivity contribution in [1.82, 2.24) is 4.90 Å². The second-order valence-corrected chi connectivity index (χ2v) is 5.50. The summed E-state index contributed by atoms with van der Waals surface area (Å²) in [6.45, 7) is 3.74. The molecule has 1 heterocycles. The monoisotopic (exact) mass is 295 g/mol. The minimum Gasteiger partial charge on any atom is -0.342 e. The Balaban J connectivity index is 2.09. The highest BCUT2D eigenvalue weighted by Gasteiger charge is 2.23. The Kier molecular flexibility index (Phi) is 4.21. The standard InChI is InChI=1S/C14H18BrNO/c1-2-14(17)16-8-4-6-12(10-16)11-5-3-7-13(15)9-11/h3,5,7,9,12H,2,4,6,8,10H2,1H3. The summed E-state index contributed by atoms with van der Waals surface area (Å²) in [5.74, 6) is 0.779. The quantitative estimate of drug-likeness (QED) is 0.817. The lowest BCUT2D eigenvalue weighted by molar-refractivity contribution is -0.132. The van der Waals surface area contributed by atoms with Crippen LogP contribution in [0.4, 0.5) is 0 Å². The van der Waals surface area contributed by atoms with Gasteiger partial charge in [0.1, 0.15) is 0 Å². The molecule has 2 rings (SSSR count). The van der Waals surface area contributed by atoms with Gasteiger partial charge >= 0.3 is 0 Å².